The lowest BCUT2D eigenvalue weighted by Gasteiger charge is -2.27. The normalized spacial score (nSPS) is 14.2. The zero-order chi connectivity index (χ0) is 14.4. The van der Waals surface area contributed by atoms with E-state index in [9.17, 15) is 0 Å². The molecule has 0 saturated carbocycles. The fraction of sp³-hybridized carbons (Fsp3) is 0.444. The molecule has 1 nitrogen and oxygen atoms in total. The van der Waals surface area contributed by atoms with E-state index in [0.29, 0.717) is 12.0 Å². The van der Waals surface area contributed by atoms with Crippen LogP contribution >= 0.6 is 11.3 Å². The third kappa shape index (κ3) is 3.71. The lowest BCUT2D eigenvalue weighted by molar-refractivity contribution is 0.436. The van der Waals surface area contributed by atoms with Crippen LogP contribution in [0.4, 0.5) is 0 Å². The first kappa shape index (κ1) is 15.3. The summed E-state index contributed by atoms with van der Waals surface area (Å²) in [6.45, 7) is 7.78. The standard InChI is InChI=1S/C18H25NS/c1-4-11-19-18(16-12-14(3)20-13-16)17(5-2)15-9-7-6-8-10-15/h6-10,12-13,17-19H,4-5,11H2,1-3H3. The molecule has 20 heavy (non-hydrogen) atoms. The lowest BCUT2D eigenvalue weighted by Crippen LogP contribution is -2.27. The van der Waals surface area contributed by atoms with Gasteiger partial charge in [-0.3, -0.25) is 0 Å². The van der Waals surface area contributed by atoms with E-state index in [1.807, 2.05) is 11.3 Å². The molecule has 1 aromatic carbocycles. The largest absolute Gasteiger partial charge is 0.309 e. The highest BCUT2D eigenvalue weighted by molar-refractivity contribution is 7.10. The fourth-order valence-electron chi connectivity index (χ4n) is 2.78. The molecule has 2 atom stereocenters. The topological polar surface area (TPSA) is 12.0 Å². The summed E-state index contributed by atoms with van der Waals surface area (Å²) in [7, 11) is 0. The monoisotopic (exact) mass is 287 g/mol. The van der Waals surface area contributed by atoms with Gasteiger partial charge in [0.05, 0.1) is 0 Å². The zero-order valence-corrected chi connectivity index (χ0v) is 13.5. The van der Waals surface area contributed by atoms with Crippen LogP contribution in [0.25, 0.3) is 0 Å². The van der Waals surface area contributed by atoms with E-state index in [-0.39, 0.29) is 0 Å². The predicted molar refractivity (Wildman–Crippen MR) is 89.6 cm³/mol. The summed E-state index contributed by atoms with van der Waals surface area (Å²) in [5.74, 6) is 0.539. The van der Waals surface area contributed by atoms with Crippen LogP contribution in [0.15, 0.2) is 41.8 Å². The van der Waals surface area contributed by atoms with Crippen LogP contribution in [-0.2, 0) is 0 Å². The summed E-state index contributed by atoms with van der Waals surface area (Å²) >= 11 is 1.85. The van der Waals surface area contributed by atoms with Crippen LogP contribution in [0.2, 0.25) is 0 Å². The van der Waals surface area contributed by atoms with E-state index in [1.54, 1.807) is 0 Å². The van der Waals surface area contributed by atoms with Crippen molar-refractivity contribution in [3.05, 3.63) is 57.8 Å². The quantitative estimate of drug-likeness (QED) is 0.729. The summed E-state index contributed by atoms with van der Waals surface area (Å²) in [5.41, 5.74) is 2.88. The van der Waals surface area contributed by atoms with E-state index in [2.05, 4.69) is 67.9 Å². The molecule has 2 unspecified atom stereocenters. The molecule has 0 spiro atoms. The molecule has 0 fully saturated rings. The van der Waals surface area contributed by atoms with Gasteiger partial charge in [0.25, 0.3) is 0 Å². The molecular weight excluding hydrogens is 262 g/mol. The van der Waals surface area contributed by atoms with Gasteiger partial charge in [0, 0.05) is 16.8 Å². The van der Waals surface area contributed by atoms with Crippen molar-refractivity contribution in [3.63, 3.8) is 0 Å². The van der Waals surface area contributed by atoms with Gasteiger partial charge in [-0.15, -0.1) is 11.3 Å². The molecule has 2 heteroatoms. The van der Waals surface area contributed by atoms with Crippen LogP contribution in [0.5, 0.6) is 0 Å². The second kappa shape index (κ2) is 7.61. The Morgan fingerprint density at radius 1 is 1.10 bits per heavy atom. The maximum absolute atomic E-state index is 3.76. The molecule has 0 bridgehead atoms. The number of nitrogens with one attached hydrogen (secondary N) is 1. The van der Waals surface area contributed by atoms with Crippen molar-refractivity contribution >= 4 is 11.3 Å². The molecule has 0 aliphatic rings. The SMILES string of the molecule is CCCNC(c1csc(C)c1)C(CC)c1ccccc1. The van der Waals surface area contributed by atoms with Crippen molar-refractivity contribution in [2.75, 3.05) is 6.54 Å². The molecule has 0 aliphatic carbocycles. The van der Waals surface area contributed by atoms with Crippen molar-refractivity contribution in [2.24, 2.45) is 0 Å². The summed E-state index contributed by atoms with van der Waals surface area (Å²) in [5, 5.41) is 6.07. The smallest absolute Gasteiger partial charge is 0.0397 e. The Balaban J connectivity index is 2.28. The zero-order valence-electron chi connectivity index (χ0n) is 12.7. The summed E-state index contributed by atoms with van der Waals surface area (Å²) < 4.78 is 0. The Labute approximate surface area is 127 Å². The summed E-state index contributed by atoms with van der Waals surface area (Å²) in [6.07, 6.45) is 2.32. The highest BCUT2D eigenvalue weighted by atomic mass is 32.1. The Hall–Kier alpha value is -1.12. The van der Waals surface area contributed by atoms with Crippen LogP contribution in [0.1, 0.15) is 54.7 Å². The van der Waals surface area contributed by atoms with Crippen molar-refractivity contribution in [2.45, 2.75) is 45.6 Å². The summed E-state index contributed by atoms with van der Waals surface area (Å²) in [6, 6.07) is 13.7. The third-order valence-corrected chi connectivity index (χ3v) is 4.67. The Morgan fingerprint density at radius 3 is 2.40 bits per heavy atom. The molecule has 2 rings (SSSR count). The molecule has 1 N–H and O–H groups in total. The second-order valence-electron chi connectivity index (χ2n) is 5.35. The van der Waals surface area contributed by atoms with Crippen molar-refractivity contribution in [3.8, 4) is 0 Å². The van der Waals surface area contributed by atoms with Crippen molar-refractivity contribution in [1.82, 2.24) is 5.32 Å². The summed E-state index contributed by atoms with van der Waals surface area (Å²) in [4.78, 5) is 1.39. The minimum Gasteiger partial charge on any atom is -0.309 e. The van der Waals surface area contributed by atoms with E-state index in [0.717, 1.165) is 13.0 Å². The van der Waals surface area contributed by atoms with Crippen molar-refractivity contribution in [1.29, 1.82) is 0 Å². The number of aryl methyl sites for hydroxylation is 1. The number of benzene rings is 1. The molecule has 2 aromatic rings. The predicted octanol–water partition coefficient (Wildman–Crippen LogP) is 5.29. The fourth-order valence-corrected chi connectivity index (χ4v) is 3.52. The molecule has 0 aliphatic heterocycles. The Kier molecular flexibility index (Phi) is 5.81. The van der Waals surface area contributed by atoms with Crippen LogP contribution in [-0.4, -0.2) is 6.54 Å². The van der Waals surface area contributed by atoms with Gasteiger partial charge >= 0.3 is 0 Å². The van der Waals surface area contributed by atoms with E-state index < -0.39 is 0 Å². The van der Waals surface area contributed by atoms with Gasteiger partial charge in [-0.05, 0) is 48.9 Å². The molecule has 1 heterocycles. The van der Waals surface area contributed by atoms with E-state index in [4.69, 9.17) is 0 Å². The molecule has 0 amide bonds. The maximum atomic E-state index is 3.76. The second-order valence-corrected chi connectivity index (χ2v) is 6.46. The van der Waals surface area contributed by atoms with Crippen LogP contribution in [0, 0.1) is 6.92 Å². The van der Waals surface area contributed by atoms with Crippen molar-refractivity contribution < 1.29 is 0 Å². The van der Waals surface area contributed by atoms with Gasteiger partial charge in [0.1, 0.15) is 0 Å². The highest BCUT2D eigenvalue weighted by Gasteiger charge is 2.23. The number of thiophene rings is 1. The van der Waals surface area contributed by atoms with Gasteiger partial charge in [0.15, 0.2) is 0 Å². The molecular formula is C18H25NS. The van der Waals surface area contributed by atoms with E-state index in [1.165, 1.54) is 22.4 Å². The van der Waals surface area contributed by atoms with Crippen LogP contribution < -0.4 is 5.32 Å². The first-order valence-electron chi connectivity index (χ1n) is 7.59. The minimum atomic E-state index is 0.423. The molecule has 108 valence electrons. The third-order valence-electron chi connectivity index (χ3n) is 3.79. The highest BCUT2D eigenvalue weighted by Crippen LogP contribution is 2.35. The molecule has 1 aromatic heterocycles. The molecule has 0 radical (unpaired) electrons. The Morgan fingerprint density at radius 2 is 1.85 bits per heavy atom. The number of rotatable bonds is 7. The number of hydrogen-bond donors (Lipinski definition) is 1. The van der Waals surface area contributed by atoms with E-state index >= 15 is 0 Å². The average Bonchev–Trinajstić information content (AvgIpc) is 2.90. The molecule has 0 saturated heterocycles. The van der Waals surface area contributed by atoms with Gasteiger partial charge in [-0.1, -0.05) is 44.2 Å². The number of hydrogen-bond acceptors (Lipinski definition) is 2. The maximum Gasteiger partial charge on any atom is 0.0397 e. The van der Waals surface area contributed by atoms with Crippen LogP contribution in [0.3, 0.4) is 0 Å². The Bertz CT molecular complexity index is 503. The van der Waals surface area contributed by atoms with Gasteiger partial charge < -0.3 is 5.32 Å². The average molecular weight is 287 g/mol. The van der Waals surface area contributed by atoms with Gasteiger partial charge in [-0.25, -0.2) is 0 Å². The van der Waals surface area contributed by atoms with Gasteiger partial charge in [-0.2, -0.15) is 0 Å². The first-order valence-corrected chi connectivity index (χ1v) is 8.47. The first-order chi connectivity index (χ1) is 9.76. The van der Waals surface area contributed by atoms with Gasteiger partial charge in [0.2, 0.25) is 0 Å². The minimum absolute atomic E-state index is 0.423. The lowest BCUT2D eigenvalue weighted by atomic mass is 9.86.